The molecular formula is C29H35F5O2. The number of rotatable bonds is 9. The van der Waals surface area contributed by atoms with Crippen LogP contribution in [0.2, 0.25) is 0 Å². The fourth-order valence-electron chi connectivity index (χ4n) is 6.02. The largest absolute Gasteiger partial charge is 0.460 e. The molecule has 4 rings (SSSR count). The van der Waals surface area contributed by atoms with Crippen LogP contribution in [0.1, 0.15) is 94.1 Å². The van der Waals surface area contributed by atoms with Crippen LogP contribution in [0.4, 0.5) is 22.0 Å². The lowest BCUT2D eigenvalue weighted by Crippen LogP contribution is -2.37. The van der Waals surface area contributed by atoms with Crippen LogP contribution in [0.3, 0.4) is 0 Å². The zero-order chi connectivity index (χ0) is 25.7. The highest BCUT2D eigenvalue weighted by atomic mass is 19.3. The lowest BCUT2D eigenvalue weighted by molar-refractivity contribution is -0.222. The Bertz CT molecular complexity index is 995. The maximum atomic E-state index is 15.1. The van der Waals surface area contributed by atoms with Crippen LogP contribution < -0.4 is 9.47 Å². The standard InChI is InChI=1S/C29H35F5O2/c1-2-3-19-4-6-20(7-5-19)22-10-14-25(26(31)16-22)21-8-11-23(12-9-21)29(33,34)36-24-13-15-28(35-18-30)27(32)17-24/h10,13-17,19-21,23H,2-9,11-12,18H2,1H3. The van der Waals surface area contributed by atoms with Crippen molar-refractivity contribution in [2.45, 2.75) is 89.1 Å². The summed E-state index contributed by atoms with van der Waals surface area (Å²) < 4.78 is 80.1. The van der Waals surface area contributed by atoms with Crippen LogP contribution in [0.5, 0.6) is 11.5 Å². The Morgan fingerprint density at radius 1 is 0.833 bits per heavy atom. The summed E-state index contributed by atoms with van der Waals surface area (Å²) in [6.07, 6.45) is 4.77. The van der Waals surface area contributed by atoms with E-state index in [4.69, 9.17) is 4.74 Å². The third-order valence-electron chi connectivity index (χ3n) is 8.05. The number of ether oxygens (including phenoxy) is 2. The zero-order valence-electron chi connectivity index (χ0n) is 20.8. The molecule has 2 fully saturated rings. The van der Waals surface area contributed by atoms with Gasteiger partial charge in [0.05, 0.1) is 5.92 Å². The molecule has 0 radical (unpaired) electrons. The summed E-state index contributed by atoms with van der Waals surface area (Å²) >= 11 is 0. The monoisotopic (exact) mass is 510 g/mol. The molecule has 36 heavy (non-hydrogen) atoms. The van der Waals surface area contributed by atoms with Crippen molar-refractivity contribution in [2.24, 2.45) is 11.8 Å². The summed E-state index contributed by atoms with van der Waals surface area (Å²) in [4.78, 5) is 0. The average Bonchev–Trinajstić information content (AvgIpc) is 2.86. The average molecular weight is 511 g/mol. The molecule has 2 nitrogen and oxygen atoms in total. The SMILES string of the molecule is CCCC1CCC(c2ccc(C3CCC(C(F)(F)Oc4ccc(OCF)c(F)c4)CC3)c(F)c2)CC1. The zero-order valence-corrected chi connectivity index (χ0v) is 20.8. The second kappa shape index (κ2) is 11.8. The Balaban J connectivity index is 1.33. The first kappa shape index (κ1) is 26.7. The van der Waals surface area contributed by atoms with Gasteiger partial charge in [-0.25, -0.2) is 13.2 Å². The molecule has 0 N–H and O–H groups in total. The van der Waals surface area contributed by atoms with Gasteiger partial charge in [-0.2, -0.15) is 8.78 Å². The van der Waals surface area contributed by atoms with Crippen molar-refractivity contribution in [2.75, 3.05) is 6.86 Å². The van der Waals surface area contributed by atoms with E-state index >= 15 is 4.39 Å². The predicted molar refractivity (Wildman–Crippen MR) is 129 cm³/mol. The number of hydrogen-bond donors (Lipinski definition) is 0. The molecule has 0 amide bonds. The van der Waals surface area contributed by atoms with E-state index in [9.17, 15) is 17.6 Å². The second-order valence-electron chi connectivity index (χ2n) is 10.3. The smallest absolute Gasteiger partial charge is 0.400 e. The molecule has 198 valence electrons. The quantitative estimate of drug-likeness (QED) is 0.313. The van der Waals surface area contributed by atoms with Crippen LogP contribution in [-0.4, -0.2) is 13.0 Å². The molecule has 0 bridgehead atoms. The van der Waals surface area contributed by atoms with Gasteiger partial charge in [0.15, 0.2) is 11.6 Å². The minimum Gasteiger partial charge on any atom is -0.460 e. The highest BCUT2D eigenvalue weighted by Gasteiger charge is 2.44. The van der Waals surface area contributed by atoms with Crippen molar-refractivity contribution >= 4 is 0 Å². The highest BCUT2D eigenvalue weighted by molar-refractivity contribution is 5.33. The highest BCUT2D eigenvalue weighted by Crippen LogP contribution is 2.45. The second-order valence-corrected chi connectivity index (χ2v) is 10.3. The topological polar surface area (TPSA) is 18.5 Å². The van der Waals surface area contributed by atoms with E-state index < -0.39 is 24.7 Å². The lowest BCUT2D eigenvalue weighted by Gasteiger charge is -2.34. The molecule has 0 heterocycles. The van der Waals surface area contributed by atoms with E-state index in [-0.39, 0.29) is 36.1 Å². The van der Waals surface area contributed by atoms with E-state index in [1.807, 2.05) is 12.1 Å². The van der Waals surface area contributed by atoms with E-state index in [0.29, 0.717) is 24.3 Å². The summed E-state index contributed by atoms with van der Waals surface area (Å²) in [6, 6.07) is 8.48. The normalized spacial score (nSPS) is 24.9. The van der Waals surface area contributed by atoms with Crippen LogP contribution >= 0.6 is 0 Å². The Kier molecular flexibility index (Phi) is 8.78. The summed E-state index contributed by atoms with van der Waals surface area (Å²) in [5.41, 5.74) is 1.65. The third-order valence-corrected chi connectivity index (χ3v) is 8.05. The van der Waals surface area contributed by atoms with Gasteiger partial charge in [0.1, 0.15) is 11.6 Å². The molecule has 0 unspecified atom stereocenters. The summed E-state index contributed by atoms with van der Waals surface area (Å²) in [7, 11) is 0. The van der Waals surface area contributed by atoms with E-state index in [1.54, 1.807) is 6.07 Å². The van der Waals surface area contributed by atoms with Crippen molar-refractivity contribution in [3.05, 3.63) is 59.2 Å². The van der Waals surface area contributed by atoms with Gasteiger partial charge in [-0.3, -0.25) is 0 Å². The molecule has 2 aromatic carbocycles. The van der Waals surface area contributed by atoms with Gasteiger partial charge in [-0.1, -0.05) is 31.9 Å². The molecule has 7 heteroatoms. The summed E-state index contributed by atoms with van der Waals surface area (Å²) in [5, 5.41) is 0. The molecule has 0 aromatic heterocycles. The molecule has 2 aliphatic rings. The van der Waals surface area contributed by atoms with Crippen LogP contribution in [0.25, 0.3) is 0 Å². The molecule has 2 aromatic rings. The van der Waals surface area contributed by atoms with E-state index in [2.05, 4.69) is 11.7 Å². The molecular weight excluding hydrogens is 475 g/mol. The summed E-state index contributed by atoms with van der Waals surface area (Å²) in [5.74, 6) is -1.90. The minimum atomic E-state index is -3.50. The van der Waals surface area contributed by atoms with Crippen molar-refractivity contribution in [1.29, 1.82) is 0 Å². The van der Waals surface area contributed by atoms with Crippen LogP contribution in [0.15, 0.2) is 36.4 Å². The van der Waals surface area contributed by atoms with Gasteiger partial charge >= 0.3 is 6.11 Å². The van der Waals surface area contributed by atoms with Gasteiger partial charge in [0, 0.05) is 6.07 Å². The Morgan fingerprint density at radius 2 is 1.53 bits per heavy atom. The number of hydrogen-bond acceptors (Lipinski definition) is 2. The minimum absolute atomic E-state index is 0.110. The Hall–Kier alpha value is -2.31. The molecule has 0 atom stereocenters. The van der Waals surface area contributed by atoms with Crippen molar-refractivity contribution in [3.63, 3.8) is 0 Å². The van der Waals surface area contributed by atoms with E-state index in [1.165, 1.54) is 25.7 Å². The maximum Gasteiger partial charge on any atom is 0.400 e. The Labute approximate surface area is 210 Å². The van der Waals surface area contributed by atoms with Gasteiger partial charge in [0.2, 0.25) is 6.86 Å². The van der Waals surface area contributed by atoms with Crippen LogP contribution in [0, 0.1) is 23.5 Å². The first-order valence-electron chi connectivity index (χ1n) is 13.1. The Morgan fingerprint density at radius 3 is 2.14 bits per heavy atom. The first-order chi connectivity index (χ1) is 17.3. The summed E-state index contributed by atoms with van der Waals surface area (Å²) in [6.45, 7) is 0.994. The molecule has 2 aliphatic carbocycles. The van der Waals surface area contributed by atoms with Gasteiger partial charge in [-0.05, 0) is 98.4 Å². The lowest BCUT2D eigenvalue weighted by atomic mass is 9.75. The van der Waals surface area contributed by atoms with Gasteiger partial charge in [-0.15, -0.1) is 0 Å². The van der Waals surface area contributed by atoms with Crippen molar-refractivity contribution < 1.29 is 31.4 Å². The maximum absolute atomic E-state index is 15.1. The first-order valence-corrected chi connectivity index (χ1v) is 13.1. The fraction of sp³-hybridized carbons (Fsp3) is 0.586. The third kappa shape index (κ3) is 6.33. The fourth-order valence-corrected chi connectivity index (χ4v) is 6.02. The molecule has 0 spiro atoms. The van der Waals surface area contributed by atoms with E-state index in [0.717, 1.165) is 42.5 Å². The van der Waals surface area contributed by atoms with Crippen LogP contribution in [-0.2, 0) is 0 Å². The predicted octanol–water partition coefficient (Wildman–Crippen LogP) is 9.29. The molecule has 0 saturated heterocycles. The number of halogens is 5. The number of alkyl halides is 3. The molecule has 2 saturated carbocycles. The number of benzene rings is 2. The van der Waals surface area contributed by atoms with Crippen molar-refractivity contribution in [3.8, 4) is 11.5 Å². The van der Waals surface area contributed by atoms with Gasteiger partial charge < -0.3 is 9.47 Å². The van der Waals surface area contributed by atoms with Gasteiger partial charge in [0.25, 0.3) is 0 Å². The van der Waals surface area contributed by atoms with Crippen molar-refractivity contribution in [1.82, 2.24) is 0 Å². The molecule has 0 aliphatic heterocycles.